The molecule has 0 unspecified atom stereocenters. The molecule has 1 amide bonds. The van der Waals surface area contributed by atoms with Crippen LogP contribution in [0.5, 0.6) is 0 Å². The number of rotatable bonds is 1. The predicted octanol–water partition coefficient (Wildman–Crippen LogP) is 1.90. The molecule has 0 saturated carbocycles. The van der Waals surface area contributed by atoms with Crippen LogP contribution in [0.3, 0.4) is 0 Å². The predicted molar refractivity (Wildman–Crippen MR) is 68.4 cm³/mol. The minimum atomic E-state index is 0.0775. The average Bonchev–Trinajstić information content (AvgIpc) is 2.29. The zero-order valence-electron chi connectivity index (χ0n) is 9.78. The highest BCUT2D eigenvalue weighted by molar-refractivity contribution is 5.94. The molecular formula is C14H16N2O. The zero-order valence-corrected chi connectivity index (χ0v) is 9.78. The fraction of sp³-hybridized carbons (Fsp3) is 0.357. The van der Waals surface area contributed by atoms with Crippen molar-refractivity contribution in [3.63, 3.8) is 0 Å². The van der Waals surface area contributed by atoms with E-state index in [1.165, 1.54) is 0 Å². The number of nitrogens with two attached hydrogens (primary N) is 1. The van der Waals surface area contributed by atoms with E-state index in [1.54, 1.807) is 24.3 Å². The van der Waals surface area contributed by atoms with Gasteiger partial charge in [-0.3, -0.25) is 4.79 Å². The summed E-state index contributed by atoms with van der Waals surface area (Å²) in [5.41, 5.74) is 6.99. The summed E-state index contributed by atoms with van der Waals surface area (Å²) >= 11 is 0. The van der Waals surface area contributed by atoms with Gasteiger partial charge in [-0.25, -0.2) is 0 Å². The van der Waals surface area contributed by atoms with Crippen molar-refractivity contribution >= 4 is 11.6 Å². The minimum absolute atomic E-state index is 0.0775. The van der Waals surface area contributed by atoms with Gasteiger partial charge < -0.3 is 10.6 Å². The third-order valence-corrected chi connectivity index (χ3v) is 2.81. The summed E-state index contributed by atoms with van der Waals surface area (Å²) in [6.07, 6.45) is 2.60. The van der Waals surface area contributed by atoms with E-state index in [2.05, 4.69) is 11.8 Å². The van der Waals surface area contributed by atoms with Crippen LogP contribution in [0.4, 0.5) is 5.69 Å². The number of carbonyl (C=O) groups excluding carboxylic acids is 1. The molecule has 3 nitrogen and oxygen atoms in total. The van der Waals surface area contributed by atoms with Crippen LogP contribution in [-0.4, -0.2) is 23.9 Å². The van der Waals surface area contributed by atoms with Crippen LogP contribution in [0.1, 0.15) is 29.6 Å². The Kier molecular flexibility index (Phi) is 3.66. The molecule has 3 heteroatoms. The topological polar surface area (TPSA) is 46.3 Å². The number of carbonyl (C=O) groups is 1. The second-order valence-corrected chi connectivity index (χ2v) is 4.12. The van der Waals surface area contributed by atoms with Gasteiger partial charge >= 0.3 is 0 Å². The van der Waals surface area contributed by atoms with Gasteiger partial charge in [-0.2, -0.15) is 0 Å². The molecule has 2 N–H and O–H groups in total. The van der Waals surface area contributed by atoms with Crippen LogP contribution in [0.2, 0.25) is 0 Å². The Morgan fingerprint density at radius 3 is 2.59 bits per heavy atom. The number of anilines is 1. The van der Waals surface area contributed by atoms with Crippen molar-refractivity contribution in [2.75, 3.05) is 18.8 Å². The first-order valence-corrected chi connectivity index (χ1v) is 5.88. The molecule has 1 aliphatic rings. The van der Waals surface area contributed by atoms with E-state index >= 15 is 0 Å². The first kappa shape index (κ1) is 11.5. The van der Waals surface area contributed by atoms with E-state index in [1.807, 2.05) is 4.90 Å². The Labute approximate surface area is 102 Å². The molecule has 0 saturated heterocycles. The molecule has 17 heavy (non-hydrogen) atoms. The molecule has 0 bridgehead atoms. The van der Waals surface area contributed by atoms with Crippen molar-refractivity contribution in [1.82, 2.24) is 4.90 Å². The molecule has 0 atom stereocenters. The lowest BCUT2D eigenvalue weighted by atomic mass is 10.1. The van der Waals surface area contributed by atoms with Gasteiger partial charge in [0.05, 0.1) is 0 Å². The third-order valence-electron chi connectivity index (χ3n) is 2.81. The van der Waals surface area contributed by atoms with Crippen LogP contribution in [-0.2, 0) is 0 Å². The Hall–Kier alpha value is -1.95. The average molecular weight is 228 g/mol. The molecule has 88 valence electrons. The summed E-state index contributed by atoms with van der Waals surface area (Å²) < 4.78 is 0. The quantitative estimate of drug-likeness (QED) is 0.589. The summed E-state index contributed by atoms with van der Waals surface area (Å²) in [5.74, 6) is 6.24. The first-order chi connectivity index (χ1) is 8.27. The second kappa shape index (κ2) is 5.40. The first-order valence-electron chi connectivity index (χ1n) is 5.88. The molecule has 0 fully saturated rings. The largest absolute Gasteiger partial charge is 0.399 e. The molecular weight excluding hydrogens is 212 g/mol. The molecule has 1 aromatic rings. The maximum absolute atomic E-state index is 12.2. The summed E-state index contributed by atoms with van der Waals surface area (Å²) in [6.45, 7) is 1.51. The van der Waals surface area contributed by atoms with E-state index in [0.717, 1.165) is 32.4 Å². The number of nitrogen functional groups attached to an aromatic ring is 1. The molecule has 1 aromatic carbocycles. The van der Waals surface area contributed by atoms with E-state index in [9.17, 15) is 4.79 Å². The monoisotopic (exact) mass is 228 g/mol. The number of benzene rings is 1. The lowest BCUT2D eigenvalue weighted by Gasteiger charge is -2.22. The molecule has 1 heterocycles. The van der Waals surface area contributed by atoms with Gasteiger partial charge in [0.2, 0.25) is 0 Å². The highest BCUT2D eigenvalue weighted by Gasteiger charge is 2.15. The summed E-state index contributed by atoms with van der Waals surface area (Å²) in [6, 6.07) is 7.08. The lowest BCUT2D eigenvalue weighted by molar-refractivity contribution is 0.0757. The van der Waals surface area contributed by atoms with Gasteiger partial charge in [0.15, 0.2) is 0 Å². The normalized spacial score (nSPS) is 15.4. The van der Waals surface area contributed by atoms with Gasteiger partial charge in [0, 0.05) is 37.2 Å². The summed E-state index contributed by atoms with van der Waals surface area (Å²) in [7, 11) is 0. The van der Waals surface area contributed by atoms with Gasteiger partial charge in [0.25, 0.3) is 5.91 Å². The fourth-order valence-electron chi connectivity index (χ4n) is 1.85. The summed E-state index contributed by atoms with van der Waals surface area (Å²) in [4.78, 5) is 14.1. The molecule has 0 aliphatic carbocycles. The standard InChI is InChI=1S/C14H16N2O/c15-13-8-6-12(7-9-13)14(17)16-10-4-2-1-3-5-11-16/h6-9H,2,4-5,10-11,15H2. The molecule has 0 spiro atoms. The highest BCUT2D eigenvalue weighted by atomic mass is 16.2. The van der Waals surface area contributed by atoms with Crippen LogP contribution in [0.15, 0.2) is 24.3 Å². The number of amides is 1. The number of hydrogen-bond donors (Lipinski definition) is 1. The fourth-order valence-corrected chi connectivity index (χ4v) is 1.85. The maximum atomic E-state index is 12.2. The second-order valence-electron chi connectivity index (χ2n) is 4.12. The molecule has 2 rings (SSSR count). The van der Waals surface area contributed by atoms with Crippen molar-refractivity contribution in [2.45, 2.75) is 19.3 Å². The Morgan fingerprint density at radius 1 is 1.12 bits per heavy atom. The van der Waals surface area contributed by atoms with E-state index in [-0.39, 0.29) is 5.91 Å². The van der Waals surface area contributed by atoms with E-state index < -0.39 is 0 Å². The Morgan fingerprint density at radius 2 is 1.82 bits per heavy atom. The highest BCUT2D eigenvalue weighted by Crippen LogP contribution is 2.10. The minimum Gasteiger partial charge on any atom is -0.399 e. The Balaban J connectivity index is 2.09. The van der Waals surface area contributed by atoms with Crippen molar-refractivity contribution in [3.8, 4) is 11.8 Å². The van der Waals surface area contributed by atoms with E-state index in [4.69, 9.17) is 5.73 Å². The number of nitrogens with zero attached hydrogens (tertiary/aromatic N) is 1. The Bertz CT molecular complexity index is 453. The molecule has 1 aliphatic heterocycles. The van der Waals surface area contributed by atoms with Crippen LogP contribution >= 0.6 is 0 Å². The van der Waals surface area contributed by atoms with Gasteiger partial charge in [-0.05, 0) is 30.7 Å². The van der Waals surface area contributed by atoms with Crippen molar-refractivity contribution in [2.24, 2.45) is 0 Å². The van der Waals surface area contributed by atoms with Crippen LogP contribution in [0, 0.1) is 11.8 Å². The van der Waals surface area contributed by atoms with Gasteiger partial charge in [0.1, 0.15) is 0 Å². The lowest BCUT2D eigenvalue weighted by Crippen LogP contribution is -2.33. The van der Waals surface area contributed by atoms with Crippen molar-refractivity contribution in [3.05, 3.63) is 29.8 Å². The zero-order chi connectivity index (χ0) is 12.1. The summed E-state index contributed by atoms with van der Waals surface area (Å²) in [5, 5.41) is 0. The van der Waals surface area contributed by atoms with Gasteiger partial charge in [-0.1, -0.05) is 0 Å². The van der Waals surface area contributed by atoms with Crippen LogP contribution < -0.4 is 5.73 Å². The number of hydrogen-bond acceptors (Lipinski definition) is 2. The smallest absolute Gasteiger partial charge is 0.253 e. The molecule has 0 radical (unpaired) electrons. The molecule has 0 aromatic heterocycles. The van der Waals surface area contributed by atoms with Crippen molar-refractivity contribution < 1.29 is 4.79 Å². The van der Waals surface area contributed by atoms with Crippen LogP contribution in [0.25, 0.3) is 0 Å². The maximum Gasteiger partial charge on any atom is 0.253 e. The van der Waals surface area contributed by atoms with Gasteiger partial charge in [-0.15, -0.1) is 11.8 Å². The third kappa shape index (κ3) is 3.01. The SMILES string of the molecule is Nc1ccc(C(=O)N2CCC#CCCC2)cc1. The van der Waals surface area contributed by atoms with E-state index in [0.29, 0.717) is 11.3 Å². The van der Waals surface area contributed by atoms with Crippen molar-refractivity contribution in [1.29, 1.82) is 0 Å².